The van der Waals surface area contributed by atoms with Crippen LogP contribution in [0.3, 0.4) is 0 Å². The number of ether oxygens (including phenoxy) is 2. The monoisotopic (exact) mass is 507 g/mol. The van der Waals surface area contributed by atoms with Gasteiger partial charge < -0.3 is 19.3 Å². The first kappa shape index (κ1) is 24.1. The molecule has 2 heterocycles. The third-order valence-electron chi connectivity index (χ3n) is 6.42. The number of carbonyl (C=O) groups is 1. The summed E-state index contributed by atoms with van der Waals surface area (Å²) in [5.41, 5.74) is 1.93. The standard InChI is InChI=1S/C27H29N3O5S/c31-27(29-15-13-28(14-16-29)23-9-5-2-6-10-23)21-30(20-22-7-3-1-4-8-22)36(32,33)24-11-12-25-26(19-24)35-18-17-34-25/h1-12,19H,13-18,20-21H2. The summed E-state index contributed by atoms with van der Waals surface area (Å²) in [6.07, 6.45) is 0. The van der Waals surface area contributed by atoms with Crippen molar-refractivity contribution in [2.75, 3.05) is 50.8 Å². The van der Waals surface area contributed by atoms with Crippen molar-refractivity contribution in [3.63, 3.8) is 0 Å². The Morgan fingerprint density at radius 3 is 2.14 bits per heavy atom. The van der Waals surface area contributed by atoms with E-state index in [-0.39, 0.29) is 23.9 Å². The van der Waals surface area contributed by atoms with Crippen LogP contribution in [0.5, 0.6) is 11.5 Å². The third-order valence-corrected chi connectivity index (χ3v) is 8.21. The largest absolute Gasteiger partial charge is 0.486 e. The van der Waals surface area contributed by atoms with Gasteiger partial charge in [-0.25, -0.2) is 8.42 Å². The Balaban J connectivity index is 1.34. The van der Waals surface area contributed by atoms with Crippen LogP contribution in [0.25, 0.3) is 0 Å². The van der Waals surface area contributed by atoms with Crippen molar-refractivity contribution < 1.29 is 22.7 Å². The second kappa shape index (κ2) is 10.6. The highest BCUT2D eigenvalue weighted by Crippen LogP contribution is 2.33. The molecule has 1 amide bonds. The zero-order chi connectivity index (χ0) is 25.0. The summed E-state index contributed by atoms with van der Waals surface area (Å²) in [7, 11) is -3.98. The van der Waals surface area contributed by atoms with Gasteiger partial charge in [-0.3, -0.25) is 4.79 Å². The van der Waals surface area contributed by atoms with E-state index in [2.05, 4.69) is 17.0 Å². The molecule has 188 valence electrons. The van der Waals surface area contributed by atoms with Gasteiger partial charge >= 0.3 is 0 Å². The van der Waals surface area contributed by atoms with Gasteiger partial charge in [0.1, 0.15) is 13.2 Å². The van der Waals surface area contributed by atoms with E-state index in [1.54, 1.807) is 11.0 Å². The van der Waals surface area contributed by atoms with E-state index in [1.807, 2.05) is 48.5 Å². The summed E-state index contributed by atoms with van der Waals surface area (Å²) in [5, 5.41) is 0. The lowest BCUT2D eigenvalue weighted by molar-refractivity contribution is -0.131. The minimum atomic E-state index is -3.98. The maximum absolute atomic E-state index is 13.7. The van der Waals surface area contributed by atoms with Crippen LogP contribution in [0.4, 0.5) is 5.69 Å². The Bertz CT molecular complexity index is 1290. The number of amides is 1. The van der Waals surface area contributed by atoms with Crippen molar-refractivity contribution in [3.8, 4) is 11.5 Å². The van der Waals surface area contributed by atoms with Gasteiger partial charge in [0, 0.05) is 44.5 Å². The van der Waals surface area contributed by atoms with E-state index >= 15 is 0 Å². The first-order chi connectivity index (χ1) is 17.5. The number of para-hydroxylation sites is 1. The van der Waals surface area contributed by atoms with Crippen LogP contribution >= 0.6 is 0 Å². The van der Waals surface area contributed by atoms with Crippen molar-refractivity contribution in [2.24, 2.45) is 0 Å². The van der Waals surface area contributed by atoms with Crippen molar-refractivity contribution in [1.82, 2.24) is 9.21 Å². The molecule has 0 bridgehead atoms. The third kappa shape index (κ3) is 5.32. The number of benzene rings is 3. The van der Waals surface area contributed by atoms with Crippen LogP contribution in [0.2, 0.25) is 0 Å². The SMILES string of the molecule is O=C(CN(Cc1ccccc1)S(=O)(=O)c1ccc2c(c1)OCCO2)N1CCN(c2ccccc2)CC1. The fourth-order valence-corrected chi connectivity index (χ4v) is 5.84. The molecular formula is C27H29N3O5S. The lowest BCUT2D eigenvalue weighted by Crippen LogP contribution is -2.51. The van der Waals surface area contributed by atoms with Crippen LogP contribution in [0.1, 0.15) is 5.56 Å². The van der Waals surface area contributed by atoms with Crippen molar-refractivity contribution in [3.05, 3.63) is 84.4 Å². The quantitative estimate of drug-likeness (QED) is 0.489. The van der Waals surface area contributed by atoms with E-state index in [4.69, 9.17) is 9.47 Å². The number of anilines is 1. The number of sulfonamides is 1. The lowest BCUT2D eigenvalue weighted by atomic mass is 10.2. The lowest BCUT2D eigenvalue weighted by Gasteiger charge is -2.37. The molecule has 2 aliphatic heterocycles. The summed E-state index contributed by atoms with van der Waals surface area (Å²) in [6.45, 7) is 3.11. The number of rotatable bonds is 7. The Labute approximate surface area is 211 Å². The molecule has 5 rings (SSSR count). The van der Waals surface area contributed by atoms with Gasteiger partial charge in [-0.1, -0.05) is 48.5 Å². The minimum absolute atomic E-state index is 0.0735. The van der Waals surface area contributed by atoms with Crippen molar-refractivity contribution in [2.45, 2.75) is 11.4 Å². The molecule has 8 nitrogen and oxygen atoms in total. The molecule has 0 spiro atoms. The second-order valence-corrected chi connectivity index (χ2v) is 10.7. The Hall–Kier alpha value is -3.56. The van der Waals surface area contributed by atoms with Gasteiger partial charge in [-0.2, -0.15) is 4.31 Å². The van der Waals surface area contributed by atoms with Crippen LogP contribution in [0, 0.1) is 0 Å². The van der Waals surface area contributed by atoms with E-state index in [1.165, 1.54) is 16.4 Å². The molecule has 0 atom stereocenters. The number of hydrogen-bond donors (Lipinski definition) is 0. The predicted molar refractivity (Wildman–Crippen MR) is 137 cm³/mol. The molecular weight excluding hydrogens is 478 g/mol. The molecule has 2 aliphatic rings. The highest BCUT2D eigenvalue weighted by atomic mass is 32.2. The predicted octanol–water partition coefficient (Wildman–Crippen LogP) is 3.00. The van der Waals surface area contributed by atoms with Crippen LogP contribution in [-0.4, -0.2) is 69.5 Å². The van der Waals surface area contributed by atoms with E-state index < -0.39 is 10.0 Å². The van der Waals surface area contributed by atoms with Crippen LogP contribution < -0.4 is 14.4 Å². The van der Waals surface area contributed by atoms with Gasteiger partial charge in [0.25, 0.3) is 0 Å². The topological polar surface area (TPSA) is 79.4 Å². The van der Waals surface area contributed by atoms with Crippen molar-refractivity contribution in [1.29, 1.82) is 0 Å². The molecule has 3 aromatic rings. The highest BCUT2D eigenvalue weighted by Gasteiger charge is 2.31. The molecule has 0 aromatic heterocycles. The summed E-state index contributed by atoms with van der Waals surface area (Å²) >= 11 is 0. The number of nitrogens with zero attached hydrogens (tertiary/aromatic N) is 3. The molecule has 9 heteroatoms. The fourth-order valence-electron chi connectivity index (χ4n) is 4.45. The van der Waals surface area contributed by atoms with Gasteiger partial charge in [-0.05, 0) is 29.8 Å². The van der Waals surface area contributed by atoms with Crippen molar-refractivity contribution >= 4 is 21.6 Å². The molecule has 0 unspecified atom stereocenters. The average Bonchev–Trinajstić information content (AvgIpc) is 2.93. The van der Waals surface area contributed by atoms with Gasteiger partial charge in [0.05, 0.1) is 11.4 Å². The second-order valence-electron chi connectivity index (χ2n) is 8.77. The molecule has 36 heavy (non-hydrogen) atoms. The Kier molecular flexibility index (Phi) is 7.11. The number of piperazine rings is 1. The van der Waals surface area contributed by atoms with E-state index in [0.29, 0.717) is 50.9 Å². The molecule has 0 N–H and O–H groups in total. The zero-order valence-corrected chi connectivity index (χ0v) is 20.8. The Morgan fingerprint density at radius 2 is 1.44 bits per heavy atom. The first-order valence-electron chi connectivity index (χ1n) is 12.0. The Morgan fingerprint density at radius 1 is 0.806 bits per heavy atom. The van der Waals surface area contributed by atoms with Gasteiger partial charge in [0.15, 0.2) is 11.5 Å². The molecule has 1 fully saturated rings. The van der Waals surface area contributed by atoms with Crippen LogP contribution in [0.15, 0.2) is 83.8 Å². The fraction of sp³-hybridized carbons (Fsp3) is 0.296. The molecule has 0 saturated carbocycles. The molecule has 0 radical (unpaired) electrons. The van der Waals surface area contributed by atoms with E-state index in [0.717, 1.165) is 11.3 Å². The minimum Gasteiger partial charge on any atom is -0.486 e. The summed E-state index contributed by atoms with van der Waals surface area (Å²) in [4.78, 5) is 17.4. The number of fused-ring (bicyclic) bond motifs is 1. The summed E-state index contributed by atoms with van der Waals surface area (Å²) in [6, 6.07) is 24.0. The average molecular weight is 508 g/mol. The number of carbonyl (C=O) groups excluding carboxylic acids is 1. The summed E-state index contributed by atoms with van der Waals surface area (Å²) < 4.78 is 39.8. The van der Waals surface area contributed by atoms with Gasteiger partial charge in [-0.15, -0.1) is 0 Å². The normalized spacial score (nSPS) is 15.7. The smallest absolute Gasteiger partial charge is 0.243 e. The number of hydrogen-bond acceptors (Lipinski definition) is 6. The maximum atomic E-state index is 13.7. The first-order valence-corrected chi connectivity index (χ1v) is 13.5. The maximum Gasteiger partial charge on any atom is 0.243 e. The van der Waals surface area contributed by atoms with E-state index in [9.17, 15) is 13.2 Å². The highest BCUT2D eigenvalue weighted by molar-refractivity contribution is 7.89. The molecule has 3 aromatic carbocycles. The molecule has 0 aliphatic carbocycles. The summed E-state index contributed by atoms with van der Waals surface area (Å²) in [5.74, 6) is 0.701. The van der Waals surface area contributed by atoms with Gasteiger partial charge in [0.2, 0.25) is 15.9 Å². The molecule has 1 saturated heterocycles. The van der Waals surface area contributed by atoms with Crippen LogP contribution in [-0.2, 0) is 21.4 Å². The zero-order valence-electron chi connectivity index (χ0n) is 20.0.